The largest absolute Gasteiger partial charge is 0.325 e. The zero-order valence-electron chi connectivity index (χ0n) is 13.6. The Morgan fingerprint density at radius 1 is 1.21 bits per heavy atom. The van der Waals surface area contributed by atoms with Crippen molar-refractivity contribution < 1.29 is 9.59 Å². The minimum absolute atomic E-state index is 0.119. The Balaban J connectivity index is 1.69. The second kappa shape index (κ2) is 6.97. The van der Waals surface area contributed by atoms with Gasteiger partial charge in [-0.15, -0.1) is 11.8 Å². The van der Waals surface area contributed by atoms with Crippen molar-refractivity contribution >= 4 is 35.1 Å². The third-order valence-electron chi connectivity index (χ3n) is 3.84. The number of carbonyl (C=O) groups excluding carboxylic acids is 2. The minimum Gasteiger partial charge on any atom is -0.325 e. The van der Waals surface area contributed by atoms with Crippen molar-refractivity contribution in [3.8, 4) is 0 Å². The van der Waals surface area contributed by atoms with Gasteiger partial charge in [-0.1, -0.05) is 24.3 Å². The topological polar surface area (TPSA) is 61.4 Å². The number of hydrogen-bond acceptors (Lipinski definition) is 3. The van der Waals surface area contributed by atoms with Crippen molar-refractivity contribution in [2.24, 2.45) is 0 Å². The van der Waals surface area contributed by atoms with Gasteiger partial charge >= 0.3 is 6.03 Å². The van der Waals surface area contributed by atoms with E-state index in [1.54, 1.807) is 23.7 Å². The van der Waals surface area contributed by atoms with Crippen LogP contribution < -0.4 is 15.5 Å². The number of amides is 3. The Kier molecular flexibility index (Phi) is 4.76. The van der Waals surface area contributed by atoms with Crippen LogP contribution >= 0.6 is 11.8 Å². The molecule has 2 N–H and O–H groups in total. The van der Waals surface area contributed by atoms with Gasteiger partial charge in [-0.3, -0.25) is 4.79 Å². The molecule has 6 heteroatoms. The number of hydrogen-bond donors (Lipinski definition) is 2. The second-order valence-corrected chi connectivity index (χ2v) is 6.76. The Morgan fingerprint density at radius 3 is 2.79 bits per heavy atom. The van der Waals surface area contributed by atoms with E-state index in [9.17, 15) is 9.59 Å². The molecule has 124 valence electrons. The molecular formula is C18H19N3O2S. The first-order valence-electron chi connectivity index (χ1n) is 7.68. The lowest BCUT2D eigenvalue weighted by Crippen LogP contribution is -2.49. The highest BCUT2D eigenvalue weighted by molar-refractivity contribution is 7.99. The van der Waals surface area contributed by atoms with Gasteiger partial charge in [0.2, 0.25) is 5.91 Å². The fraction of sp³-hybridized carbons (Fsp3) is 0.222. The molecule has 5 nitrogen and oxygen atoms in total. The molecule has 0 unspecified atom stereocenters. The Morgan fingerprint density at radius 2 is 2.00 bits per heavy atom. The number of carbonyl (C=O) groups is 2. The van der Waals surface area contributed by atoms with Crippen LogP contribution in [0.15, 0.2) is 53.4 Å². The molecule has 0 aliphatic carbocycles. The third-order valence-corrected chi connectivity index (χ3v) is 5.00. The molecule has 24 heavy (non-hydrogen) atoms. The van der Waals surface area contributed by atoms with E-state index in [1.807, 2.05) is 55.5 Å². The van der Waals surface area contributed by atoms with Gasteiger partial charge < -0.3 is 15.5 Å². The van der Waals surface area contributed by atoms with Crippen molar-refractivity contribution in [3.63, 3.8) is 0 Å². The number of para-hydroxylation sites is 1. The number of rotatable bonds is 2. The van der Waals surface area contributed by atoms with Crippen LogP contribution in [0.25, 0.3) is 0 Å². The fourth-order valence-corrected chi connectivity index (χ4v) is 3.70. The van der Waals surface area contributed by atoms with Crippen LogP contribution in [0.1, 0.15) is 5.56 Å². The molecule has 0 aromatic heterocycles. The normalized spacial score (nSPS) is 17.0. The molecule has 0 radical (unpaired) electrons. The molecule has 0 fully saturated rings. The number of fused-ring (bicyclic) bond motifs is 1. The summed E-state index contributed by atoms with van der Waals surface area (Å²) in [6, 6.07) is 14.3. The van der Waals surface area contributed by atoms with Crippen LogP contribution in [0.3, 0.4) is 0 Å². The summed E-state index contributed by atoms with van der Waals surface area (Å²) in [4.78, 5) is 27.5. The molecule has 2 aromatic rings. The number of anilines is 2. The number of nitrogens with zero attached hydrogens (tertiary/aromatic N) is 1. The van der Waals surface area contributed by atoms with Crippen LogP contribution in [0.4, 0.5) is 16.2 Å². The maximum atomic E-state index is 12.6. The summed E-state index contributed by atoms with van der Waals surface area (Å²) in [5.74, 6) is 0.383. The zero-order valence-corrected chi connectivity index (χ0v) is 14.4. The molecule has 0 bridgehead atoms. The number of benzene rings is 2. The number of urea groups is 1. The van der Waals surface area contributed by atoms with E-state index < -0.39 is 6.04 Å². The lowest BCUT2D eigenvalue weighted by atomic mass is 10.2. The Bertz CT molecular complexity index is 778. The van der Waals surface area contributed by atoms with Gasteiger partial charge in [-0.2, -0.15) is 0 Å². The summed E-state index contributed by atoms with van der Waals surface area (Å²) < 4.78 is 0. The monoisotopic (exact) mass is 341 g/mol. The summed E-state index contributed by atoms with van der Waals surface area (Å²) in [6.45, 7) is 1.96. The number of aryl methyl sites for hydroxylation is 1. The highest BCUT2D eigenvalue weighted by Crippen LogP contribution is 2.33. The average Bonchev–Trinajstić information content (AvgIpc) is 2.67. The van der Waals surface area contributed by atoms with E-state index in [1.165, 1.54) is 0 Å². The molecule has 1 aliphatic heterocycles. The van der Waals surface area contributed by atoms with E-state index in [0.717, 1.165) is 16.1 Å². The lowest BCUT2D eigenvalue weighted by Gasteiger charge is -2.21. The van der Waals surface area contributed by atoms with Crippen LogP contribution in [0.2, 0.25) is 0 Å². The van der Waals surface area contributed by atoms with Crippen molar-refractivity contribution in [3.05, 3.63) is 54.1 Å². The molecule has 1 heterocycles. The molecule has 0 saturated heterocycles. The first-order chi connectivity index (χ1) is 11.5. The van der Waals surface area contributed by atoms with E-state index in [0.29, 0.717) is 11.4 Å². The van der Waals surface area contributed by atoms with Crippen LogP contribution in [0, 0.1) is 6.92 Å². The van der Waals surface area contributed by atoms with Crippen molar-refractivity contribution in [1.82, 2.24) is 5.32 Å². The van der Waals surface area contributed by atoms with Crippen LogP contribution in [-0.2, 0) is 4.79 Å². The summed E-state index contributed by atoms with van der Waals surface area (Å²) in [7, 11) is 1.74. The minimum atomic E-state index is -0.572. The first-order valence-corrected chi connectivity index (χ1v) is 8.67. The van der Waals surface area contributed by atoms with Crippen molar-refractivity contribution in [2.45, 2.75) is 17.9 Å². The van der Waals surface area contributed by atoms with E-state index in [-0.39, 0.29) is 11.9 Å². The SMILES string of the molecule is Cc1cccc(NC(=O)N[C@H]2CSc3ccccc3N(C)C2=O)c1. The first kappa shape index (κ1) is 16.4. The summed E-state index contributed by atoms with van der Waals surface area (Å²) in [6.07, 6.45) is 0. The third kappa shape index (κ3) is 3.54. The van der Waals surface area contributed by atoms with Gasteiger partial charge in [0.05, 0.1) is 5.69 Å². The number of thioether (sulfide) groups is 1. The Labute approximate surface area is 145 Å². The standard InChI is InChI=1S/C18H19N3O2S/c1-12-6-5-7-13(10-12)19-18(23)20-14-11-24-16-9-4-3-8-15(16)21(2)17(14)22/h3-10,14H,11H2,1-2H3,(H2,19,20,23)/t14-/m0/s1. The summed E-state index contributed by atoms with van der Waals surface area (Å²) >= 11 is 1.57. The van der Waals surface area contributed by atoms with E-state index >= 15 is 0 Å². The van der Waals surface area contributed by atoms with Crippen LogP contribution in [-0.4, -0.2) is 30.8 Å². The average molecular weight is 341 g/mol. The molecule has 0 saturated carbocycles. The fourth-order valence-electron chi connectivity index (χ4n) is 2.60. The zero-order chi connectivity index (χ0) is 17.1. The molecule has 0 spiro atoms. The van der Waals surface area contributed by atoms with Gasteiger partial charge in [-0.25, -0.2) is 4.79 Å². The maximum Gasteiger partial charge on any atom is 0.319 e. The summed E-state index contributed by atoms with van der Waals surface area (Å²) in [5.41, 5.74) is 2.64. The highest BCUT2D eigenvalue weighted by atomic mass is 32.2. The van der Waals surface area contributed by atoms with E-state index in [2.05, 4.69) is 10.6 Å². The molecule has 3 rings (SSSR count). The highest BCUT2D eigenvalue weighted by Gasteiger charge is 2.29. The second-order valence-electron chi connectivity index (χ2n) is 5.70. The molecule has 1 aliphatic rings. The molecule has 3 amide bonds. The van der Waals surface area contributed by atoms with Crippen molar-refractivity contribution in [2.75, 3.05) is 23.0 Å². The van der Waals surface area contributed by atoms with Gasteiger partial charge in [0.1, 0.15) is 6.04 Å². The summed E-state index contributed by atoms with van der Waals surface area (Å²) in [5, 5.41) is 5.56. The Hall–Kier alpha value is -2.47. The predicted molar refractivity (Wildman–Crippen MR) is 97.7 cm³/mol. The molecule has 2 aromatic carbocycles. The molecule has 1 atom stereocenters. The maximum absolute atomic E-state index is 12.6. The van der Waals surface area contributed by atoms with E-state index in [4.69, 9.17) is 0 Å². The number of nitrogens with one attached hydrogen (secondary N) is 2. The van der Waals surface area contributed by atoms with Gasteiger partial charge in [0.25, 0.3) is 0 Å². The van der Waals surface area contributed by atoms with Gasteiger partial charge in [-0.05, 0) is 36.8 Å². The van der Waals surface area contributed by atoms with Gasteiger partial charge in [0, 0.05) is 23.4 Å². The smallest absolute Gasteiger partial charge is 0.319 e. The van der Waals surface area contributed by atoms with Crippen LogP contribution in [0.5, 0.6) is 0 Å². The van der Waals surface area contributed by atoms with Crippen molar-refractivity contribution in [1.29, 1.82) is 0 Å². The van der Waals surface area contributed by atoms with Gasteiger partial charge in [0.15, 0.2) is 0 Å². The molecular weight excluding hydrogens is 322 g/mol. The number of likely N-dealkylation sites (N-methyl/N-ethyl adjacent to an activating group) is 1. The quantitative estimate of drug-likeness (QED) is 0.881. The predicted octanol–water partition coefficient (Wildman–Crippen LogP) is 3.25. The lowest BCUT2D eigenvalue weighted by molar-refractivity contribution is -0.119.